The van der Waals surface area contributed by atoms with Crippen LogP contribution in [-0.2, 0) is 4.74 Å². The Morgan fingerprint density at radius 3 is 2.58 bits per heavy atom. The van der Waals surface area contributed by atoms with Crippen molar-refractivity contribution in [3.63, 3.8) is 0 Å². The molecule has 2 rings (SSSR count). The molecule has 0 amide bonds. The highest BCUT2D eigenvalue weighted by molar-refractivity contribution is 7.99. The van der Waals surface area contributed by atoms with Gasteiger partial charge in [-0.05, 0) is 36.8 Å². The fraction of sp³-hybridized carbons (Fsp3) is 0.143. The first-order chi connectivity index (χ1) is 9.11. The molecular formula is C14H14N2O2S. The summed E-state index contributed by atoms with van der Waals surface area (Å²) in [7, 11) is 1.35. The average Bonchev–Trinajstić information content (AvgIpc) is 2.43. The molecule has 1 aromatic carbocycles. The van der Waals surface area contributed by atoms with Gasteiger partial charge in [-0.1, -0.05) is 11.8 Å². The highest BCUT2D eigenvalue weighted by atomic mass is 32.2. The van der Waals surface area contributed by atoms with E-state index in [1.807, 2.05) is 25.1 Å². The molecule has 2 N–H and O–H groups in total. The lowest BCUT2D eigenvalue weighted by atomic mass is 10.1. The Bertz CT molecular complexity index is 600. The second-order valence-electron chi connectivity index (χ2n) is 3.98. The van der Waals surface area contributed by atoms with Crippen molar-refractivity contribution in [1.29, 1.82) is 0 Å². The monoisotopic (exact) mass is 274 g/mol. The summed E-state index contributed by atoms with van der Waals surface area (Å²) in [6.07, 6.45) is 3.46. The molecule has 2 aromatic rings. The SMILES string of the molecule is COC(=O)c1cc(Sc2ccncc2)cc(C)c1N. The molecule has 0 radical (unpaired) electrons. The molecule has 0 fully saturated rings. The van der Waals surface area contributed by atoms with Gasteiger partial charge in [0.15, 0.2) is 0 Å². The van der Waals surface area contributed by atoms with Gasteiger partial charge in [0.25, 0.3) is 0 Å². The predicted octanol–water partition coefficient (Wildman–Crippen LogP) is 2.91. The number of nitrogens with two attached hydrogens (primary N) is 1. The van der Waals surface area contributed by atoms with E-state index in [4.69, 9.17) is 10.5 Å². The Balaban J connectivity index is 2.37. The Morgan fingerprint density at radius 2 is 1.95 bits per heavy atom. The molecule has 98 valence electrons. The predicted molar refractivity (Wildman–Crippen MR) is 75.3 cm³/mol. The van der Waals surface area contributed by atoms with Crippen LogP contribution in [0.25, 0.3) is 0 Å². The Morgan fingerprint density at radius 1 is 1.26 bits per heavy atom. The van der Waals surface area contributed by atoms with Gasteiger partial charge in [0.1, 0.15) is 0 Å². The van der Waals surface area contributed by atoms with Crippen LogP contribution in [0, 0.1) is 6.92 Å². The lowest BCUT2D eigenvalue weighted by Gasteiger charge is -2.10. The van der Waals surface area contributed by atoms with Gasteiger partial charge in [0.05, 0.1) is 12.7 Å². The summed E-state index contributed by atoms with van der Waals surface area (Å²) >= 11 is 1.55. The van der Waals surface area contributed by atoms with Crippen molar-refractivity contribution in [2.24, 2.45) is 0 Å². The molecule has 5 heteroatoms. The number of ether oxygens (including phenoxy) is 1. The number of carbonyl (C=O) groups excluding carboxylic acids is 1. The van der Waals surface area contributed by atoms with E-state index in [0.717, 1.165) is 15.4 Å². The minimum absolute atomic E-state index is 0.402. The third kappa shape index (κ3) is 3.06. The number of esters is 1. The van der Waals surface area contributed by atoms with Crippen molar-refractivity contribution in [3.8, 4) is 0 Å². The number of nitrogens with zero attached hydrogens (tertiary/aromatic N) is 1. The molecule has 0 aliphatic heterocycles. The van der Waals surface area contributed by atoms with Crippen molar-refractivity contribution in [3.05, 3.63) is 47.8 Å². The minimum atomic E-state index is -0.419. The smallest absolute Gasteiger partial charge is 0.340 e. The molecule has 0 unspecified atom stereocenters. The van der Waals surface area contributed by atoms with Gasteiger partial charge >= 0.3 is 5.97 Å². The number of aryl methyl sites for hydroxylation is 1. The average molecular weight is 274 g/mol. The summed E-state index contributed by atoms with van der Waals surface area (Å²) in [6.45, 7) is 1.87. The van der Waals surface area contributed by atoms with Crippen LogP contribution in [0.2, 0.25) is 0 Å². The zero-order chi connectivity index (χ0) is 13.8. The van der Waals surface area contributed by atoms with Gasteiger partial charge in [-0.25, -0.2) is 4.79 Å². The van der Waals surface area contributed by atoms with Crippen LogP contribution in [0.3, 0.4) is 0 Å². The number of hydrogen-bond acceptors (Lipinski definition) is 5. The molecule has 0 bridgehead atoms. The molecule has 1 aromatic heterocycles. The molecule has 0 saturated carbocycles. The topological polar surface area (TPSA) is 65.2 Å². The van der Waals surface area contributed by atoms with Gasteiger partial charge < -0.3 is 10.5 Å². The summed E-state index contributed by atoms with van der Waals surface area (Å²) in [5.41, 5.74) is 7.63. The summed E-state index contributed by atoms with van der Waals surface area (Å²) in [6, 6.07) is 7.52. The zero-order valence-corrected chi connectivity index (χ0v) is 11.5. The molecule has 0 aliphatic carbocycles. The first-order valence-electron chi connectivity index (χ1n) is 5.68. The Kier molecular flexibility index (Phi) is 4.06. The van der Waals surface area contributed by atoms with Crippen LogP contribution < -0.4 is 5.73 Å². The minimum Gasteiger partial charge on any atom is -0.465 e. The van der Waals surface area contributed by atoms with Crippen LogP contribution in [0.5, 0.6) is 0 Å². The maximum atomic E-state index is 11.7. The van der Waals surface area contributed by atoms with Crippen LogP contribution in [0.4, 0.5) is 5.69 Å². The van der Waals surface area contributed by atoms with Crippen LogP contribution in [0.15, 0.2) is 46.5 Å². The number of nitrogen functional groups attached to an aromatic ring is 1. The number of rotatable bonds is 3. The number of hydrogen-bond donors (Lipinski definition) is 1. The number of carbonyl (C=O) groups is 1. The van der Waals surface area contributed by atoms with E-state index in [2.05, 4.69) is 4.98 Å². The third-order valence-electron chi connectivity index (χ3n) is 2.65. The normalized spacial score (nSPS) is 10.2. The Labute approximate surface area is 116 Å². The molecule has 0 spiro atoms. The summed E-state index contributed by atoms with van der Waals surface area (Å²) in [4.78, 5) is 17.6. The molecule has 19 heavy (non-hydrogen) atoms. The largest absolute Gasteiger partial charge is 0.465 e. The maximum Gasteiger partial charge on any atom is 0.340 e. The van der Waals surface area contributed by atoms with E-state index in [0.29, 0.717) is 11.3 Å². The fourth-order valence-corrected chi connectivity index (χ4v) is 2.59. The van der Waals surface area contributed by atoms with Crippen molar-refractivity contribution >= 4 is 23.4 Å². The molecule has 0 aliphatic rings. The Hall–Kier alpha value is -2.01. The number of aromatic nitrogens is 1. The zero-order valence-electron chi connectivity index (χ0n) is 10.7. The quantitative estimate of drug-likeness (QED) is 0.688. The van der Waals surface area contributed by atoms with E-state index < -0.39 is 5.97 Å². The summed E-state index contributed by atoms with van der Waals surface area (Å²) < 4.78 is 4.74. The van der Waals surface area contributed by atoms with Gasteiger partial charge in [0.2, 0.25) is 0 Å². The lowest BCUT2D eigenvalue weighted by molar-refractivity contribution is 0.0601. The van der Waals surface area contributed by atoms with Gasteiger partial charge in [-0.3, -0.25) is 4.98 Å². The lowest BCUT2D eigenvalue weighted by Crippen LogP contribution is -2.07. The van der Waals surface area contributed by atoms with Crippen molar-refractivity contribution in [2.45, 2.75) is 16.7 Å². The van der Waals surface area contributed by atoms with Crippen LogP contribution >= 0.6 is 11.8 Å². The van der Waals surface area contributed by atoms with E-state index in [1.54, 1.807) is 30.2 Å². The number of pyridine rings is 1. The maximum absolute atomic E-state index is 11.7. The van der Waals surface area contributed by atoms with E-state index in [-0.39, 0.29) is 0 Å². The number of anilines is 1. The highest BCUT2D eigenvalue weighted by Gasteiger charge is 2.13. The van der Waals surface area contributed by atoms with E-state index >= 15 is 0 Å². The van der Waals surface area contributed by atoms with Crippen molar-refractivity contribution in [1.82, 2.24) is 4.98 Å². The van der Waals surface area contributed by atoms with Gasteiger partial charge in [-0.15, -0.1) is 0 Å². The molecule has 1 heterocycles. The number of benzene rings is 1. The second-order valence-corrected chi connectivity index (χ2v) is 5.12. The van der Waals surface area contributed by atoms with Crippen molar-refractivity contribution < 1.29 is 9.53 Å². The first-order valence-corrected chi connectivity index (χ1v) is 6.50. The summed E-state index contributed by atoms with van der Waals surface area (Å²) in [5, 5.41) is 0. The van der Waals surface area contributed by atoms with Crippen LogP contribution in [-0.4, -0.2) is 18.1 Å². The molecular weight excluding hydrogens is 260 g/mol. The van der Waals surface area contributed by atoms with Crippen molar-refractivity contribution in [2.75, 3.05) is 12.8 Å². The molecule has 0 saturated heterocycles. The third-order valence-corrected chi connectivity index (χ3v) is 3.63. The first kappa shape index (κ1) is 13.4. The molecule has 0 atom stereocenters. The highest BCUT2D eigenvalue weighted by Crippen LogP contribution is 2.31. The second kappa shape index (κ2) is 5.75. The standard InChI is InChI=1S/C14H14N2O2S/c1-9-7-11(19-10-3-5-16-6-4-10)8-12(13(9)15)14(17)18-2/h3-8H,15H2,1-2H3. The van der Waals surface area contributed by atoms with Gasteiger partial charge in [0, 0.05) is 27.9 Å². The summed E-state index contributed by atoms with van der Waals surface area (Å²) in [5.74, 6) is -0.419. The van der Waals surface area contributed by atoms with Gasteiger partial charge in [-0.2, -0.15) is 0 Å². The fourth-order valence-electron chi connectivity index (χ4n) is 1.65. The van der Waals surface area contributed by atoms with E-state index in [9.17, 15) is 4.79 Å². The number of methoxy groups -OCH3 is 1. The van der Waals surface area contributed by atoms with Crippen LogP contribution in [0.1, 0.15) is 15.9 Å². The molecule has 4 nitrogen and oxygen atoms in total. The van der Waals surface area contributed by atoms with E-state index in [1.165, 1.54) is 7.11 Å².